The molecule has 0 bridgehead atoms. The second kappa shape index (κ2) is 16.1. The van der Waals surface area contributed by atoms with Crippen molar-refractivity contribution in [2.45, 2.75) is 79.8 Å². The van der Waals surface area contributed by atoms with Crippen LogP contribution in [0.15, 0.2) is 109 Å². The van der Waals surface area contributed by atoms with E-state index in [1.165, 1.54) is 100 Å². The first-order valence-corrected chi connectivity index (χ1v) is 17.8. The van der Waals surface area contributed by atoms with Crippen LogP contribution in [0.4, 0.5) is 0 Å². The normalized spacial score (nSPS) is 12.2. The van der Waals surface area contributed by atoms with Crippen LogP contribution in [0.5, 0.6) is 0 Å². The molecule has 240 valence electrons. The Kier molecular flexibility index (Phi) is 11.7. The minimum Gasteiger partial charge on any atom is -0.367 e. The molecular weight excluding hydrogens is 556 g/mol. The molecule has 0 amide bonds. The van der Waals surface area contributed by atoms with Gasteiger partial charge in [0.25, 0.3) is 0 Å². The van der Waals surface area contributed by atoms with Crippen molar-refractivity contribution >= 4 is 27.2 Å². The minimum absolute atomic E-state index is 0.917. The van der Waals surface area contributed by atoms with E-state index in [9.17, 15) is 0 Å². The summed E-state index contributed by atoms with van der Waals surface area (Å²) in [6.45, 7) is 18.2. The Bertz CT molecular complexity index is 1650. The summed E-state index contributed by atoms with van der Waals surface area (Å²) in [5.41, 5.74) is 8.39. The molecule has 2 nitrogen and oxygen atoms in total. The number of hydrogen-bond acceptors (Lipinski definition) is 1. The van der Waals surface area contributed by atoms with Gasteiger partial charge in [0, 0.05) is 29.9 Å². The molecule has 2 heteroatoms. The Labute approximate surface area is 279 Å². The molecule has 0 spiro atoms. The molecule has 46 heavy (non-hydrogen) atoms. The Morgan fingerprint density at radius 3 is 1.87 bits per heavy atom. The molecule has 0 aliphatic heterocycles. The van der Waals surface area contributed by atoms with Crippen LogP contribution in [0.1, 0.15) is 80.7 Å². The predicted octanol–water partition coefficient (Wildman–Crippen LogP) is 11.5. The maximum absolute atomic E-state index is 2.70. The molecule has 0 atom stereocenters. The summed E-state index contributed by atoms with van der Waals surface area (Å²) >= 11 is 0. The first-order valence-electron chi connectivity index (χ1n) is 17.8. The van der Waals surface area contributed by atoms with Gasteiger partial charge in [-0.25, -0.2) is 0 Å². The molecule has 5 aromatic rings. The summed E-state index contributed by atoms with van der Waals surface area (Å²) in [4.78, 5) is 2.70. The molecular formula is C44H55N2+. The van der Waals surface area contributed by atoms with Gasteiger partial charge in [0.1, 0.15) is 6.54 Å². The Morgan fingerprint density at radius 1 is 0.652 bits per heavy atom. The average molecular weight is 612 g/mol. The van der Waals surface area contributed by atoms with Crippen molar-refractivity contribution in [2.75, 3.05) is 26.2 Å². The number of unbranched alkanes of at least 4 members (excludes halogenated alkanes) is 3. The molecule has 0 radical (unpaired) electrons. The average Bonchev–Trinajstić information content (AvgIpc) is 3.07. The molecule has 5 rings (SSSR count). The fourth-order valence-electron chi connectivity index (χ4n) is 7.35. The standard InChI is InChI=1S/C44H55N2/c1-6-9-11-26-43(44-41-24-16-14-22-39(41)32-40-23-15-17-25-42(40)44)45(33-37-20-12-10-13-21-37)27-18-19-28-46(7-2,8-3)34-38-30-35(4)29-36(5)31-38/h10,12-17,20-26,29-32H,6-9,11,18-19,27-28,33-34H2,1-5H3/q+1/b43-26-. The van der Waals surface area contributed by atoms with E-state index in [1.807, 2.05) is 0 Å². The molecule has 5 aromatic carbocycles. The van der Waals surface area contributed by atoms with Crippen molar-refractivity contribution < 1.29 is 4.48 Å². The summed E-state index contributed by atoms with van der Waals surface area (Å²) in [6, 6.07) is 38.5. The minimum atomic E-state index is 0.917. The SMILES string of the molecule is CCCC/C=C(/c1c2ccccc2cc2ccccc12)N(CCCC[N+](CC)(CC)Cc1cc(C)cc(C)c1)Cc1ccccc1. The molecule has 0 aliphatic rings. The lowest BCUT2D eigenvalue weighted by Crippen LogP contribution is -2.47. The van der Waals surface area contributed by atoms with Crippen LogP contribution in [0.2, 0.25) is 0 Å². The lowest BCUT2D eigenvalue weighted by Gasteiger charge is -2.38. The van der Waals surface area contributed by atoms with Gasteiger partial charge in [-0.2, -0.15) is 0 Å². The highest BCUT2D eigenvalue weighted by Gasteiger charge is 2.24. The largest absolute Gasteiger partial charge is 0.367 e. The number of fused-ring (bicyclic) bond motifs is 2. The first kappa shape index (κ1) is 33.5. The van der Waals surface area contributed by atoms with E-state index in [0.717, 1.165) is 30.5 Å². The Hall–Kier alpha value is -3.88. The van der Waals surface area contributed by atoms with Gasteiger partial charge < -0.3 is 9.38 Å². The fourth-order valence-corrected chi connectivity index (χ4v) is 7.35. The van der Waals surface area contributed by atoms with Gasteiger partial charge in [-0.05, 0) is 86.6 Å². The van der Waals surface area contributed by atoms with Crippen molar-refractivity contribution in [2.24, 2.45) is 0 Å². The molecule has 0 unspecified atom stereocenters. The van der Waals surface area contributed by atoms with Crippen LogP contribution in [0.3, 0.4) is 0 Å². The summed E-state index contributed by atoms with van der Waals surface area (Å²) < 4.78 is 1.15. The zero-order valence-electron chi connectivity index (χ0n) is 29.1. The molecule has 0 aliphatic carbocycles. The van der Waals surface area contributed by atoms with Crippen molar-refractivity contribution in [3.05, 3.63) is 137 Å². The lowest BCUT2D eigenvalue weighted by atomic mass is 9.93. The van der Waals surface area contributed by atoms with Crippen molar-refractivity contribution in [3.63, 3.8) is 0 Å². The maximum atomic E-state index is 2.70. The molecule has 0 heterocycles. The smallest absolute Gasteiger partial charge is 0.104 e. The number of rotatable bonds is 16. The highest BCUT2D eigenvalue weighted by atomic mass is 15.3. The van der Waals surface area contributed by atoms with Gasteiger partial charge in [-0.3, -0.25) is 0 Å². The topological polar surface area (TPSA) is 3.24 Å². The van der Waals surface area contributed by atoms with Crippen molar-refractivity contribution in [1.82, 2.24) is 4.90 Å². The fraction of sp³-hybridized carbons (Fsp3) is 0.364. The van der Waals surface area contributed by atoms with Crippen LogP contribution in [0, 0.1) is 13.8 Å². The van der Waals surface area contributed by atoms with Gasteiger partial charge in [-0.15, -0.1) is 0 Å². The van der Waals surface area contributed by atoms with E-state index in [2.05, 4.69) is 149 Å². The third-order valence-corrected chi connectivity index (χ3v) is 9.93. The van der Waals surface area contributed by atoms with E-state index in [4.69, 9.17) is 0 Å². The van der Waals surface area contributed by atoms with E-state index < -0.39 is 0 Å². The van der Waals surface area contributed by atoms with E-state index in [-0.39, 0.29) is 0 Å². The van der Waals surface area contributed by atoms with Gasteiger partial charge in [0.05, 0.1) is 19.6 Å². The molecule has 0 fully saturated rings. The van der Waals surface area contributed by atoms with Gasteiger partial charge in [-0.1, -0.05) is 128 Å². The van der Waals surface area contributed by atoms with Gasteiger partial charge >= 0.3 is 0 Å². The third kappa shape index (κ3) is 8.28. The summed E-state index contributed by atoms with van der Waals surface area (Å²) in [5.74, 6) is 0. The Morgan fingerprint density at radius 2 is 1.26 bits per heavy atom. The first-order chi connectivity index (χ1) is 22.4. The van der Waals surface area contributed by atoms with E-state index in [1.54, 1.807) is 0 Å². The number of quaternary nitrogens is 1. The monoisotopic (exact) mass is 611 g/mol. The van der Waals surface area contributed by atoms with Crippen LogP contribution in [-0.2, 0) is 13.1 Å². The van der Waals surface area contributed by atoms with Crippen LogP contribution in [-0.4, -0.2) is 35.6 Å². The van der Waals surface area contributed by atoms with Crippen molar-refractivity contribution in [1.29, 1.82) is 0 Å². The maximum Gasteiger partial charge on any atom is 0.104 e. The van der Waals surface area contributed by atoms with Crippen LogP contribution < -0.4 is 0 Å². The van der Waals surface area contributed by atoms with E-state index in [0.29, 0.717) is 0 Å². The third-order valence-electron chi connectivity index (χ3n) is 9.93. The molecule has 0 aromatic heterocycles. The van der Waals surface area contributed by atoms with Crippen LogP contribution in [0.25, 0.3) is 27.2 Å². The van der Waals surface area contributed by atoms with Gasteiger partial charge in [0.15, 0.2) is 0 Å². The van der Waals surface area contributed by atoms with Crippen LogP contribution >= 0.6 is 0 Å². The zero-order valence-corrected chi connectivity index (χ0v) is 29.1. The Balaban J connectivity index is 1.47. The second-order valence-electron chi connectivity index (χ2n) is 13.4. The summed E-state index contributed by atoms with van der Waals surface area (Å²) in [6.07, 6.45) is 8.45. The predicted molar refractivity (Wildman–Crippen MR) is 201 cm³/mol. The molecule has 0 saturated carbocycles. The van der Waals surface area contributed by atoms with Gasteiger partial charge in [0.2, 0.25) is 0 Å². The number of hydrogen-bond donors (Lipinski definition) is 0. The quantitative estimate of drug-likeness (QED) is 0.0609. The second-order valence-corrected chi connectivity index (χ2v) is 13.4. The summed E-state index contributed by atoms with van der Waals surface area (Å²) in [5, 5.41) is 5.33. The molecule has 0 saturated heterocycles. The highest BCUT2D eigenvalue weighted by Crippen LogP contribution is 2.36. The number of aryl methyl sites for hydroxylation is 2. The number of nitrogens with zero attached hydrogens (tertiary/aromatic N) is 2. The number of benzene rings is 5. The summed E-state index contributed by atoms with van der Waals surface area (Å²) in [7, 11) is 0. The van der Waals surface area contributed by atoms with E-state index >= 15 is 0 Å². The molecule has 0 N–H and O–H groups in total. The number of allylic oxidation sites excluding steroid dienone is 1. The zero-order chi connectivity index (χ0) is 32.4. The highest BCUT2D eigenvalue weighted by molar-refractivity contribution is 6.08. The van der Waals surface area contributed by atoms with Crippen molar-refractivity contribution in [3.8, 4) is 0 Å². The lowest BCUT2D eigenvalue weighted by molar-refractivity contribution is -0.938.